The van der Waals surface area contributed by atoms with Crippen LogP contribution in [0.2, 0.25) is 5.02 Å². The molecular weight excluding hydrogens is 308 g/mol. The Labute approximate surface area is 143 Å². The Balaban J connectivity index is 1.39. The van der Waals surface area contributed by atoms with Crippen LogP contribution < -0.4 is 11.1 Å². The largest absolute Gasteiger partial charge is 0.353 e. The third kappa shape index (κ3) is 3.14. The van der Waals surface area contributed by atoms with E-state index in [-0.39, 0.29) is 11.8 Å². The number of rotatable bonds is 3. The van der Waals surface area contributed by atoms with Crippen molar-refractivity contribution in [2.45, 2.75) is 56.5 Å². The molecule has 0 aliphatic heterocycles. The fourth-order valence-electron chi connectivity index (χ4n) is 4.89. The van der Waals surface area contributed by atoms with Crippen LogP contribution in [0.4, 0.5) is 0 Å². The van der Waals surface area contributed by atoms with Gasteiger partial charge in [0.05, 0.1) is 0 Å². The first-order valence-electron chi connectivity index (χ1n) is 8.93. The van der Waals surface area contributed by atoms with Crippen LogP contribution >= 0.6 is 11.6 Å². The first kappa shape index (κ1) is 15.5. The van der Waals surface area contributed by atoms with E-state index in [9.17, 15) is 4.79 Å². The van der Waals surface area contributed by atoms with Crippen LogP contribution in [-0.2, 0) is 4.79 Å². The van der Waals surface area contributed by atoms with E-state index >= 15 is 0 Å². The molecule has 0 saturated heterocycles. The van der Waals surface area contributed by atoms with E-state index in [0.717, 1.165) is 24.3 Å². The number of hydrogen-bond donors (Lipinski definition) is 2. The fraction of sp³-hybridized carbons (Fsp3) is 0.632. The standard InChI is InChI=1S/C19H25ClN2O/c20-14-6-2-3-11(7-14)16-10-17(16)19(23)22-18-12-4-1-5-13(18)9-15(21)8-12/h2-3,6-7,12-13,15-18H,1,4-5,8-10,21H2,(H,22,23). The molecule has 3 N–H and O–H groups in total. The van der Waals surface area contributed by atoms with Gasteiger partial charge in [-0.3, -0.25) is 4.79 Å². The van der Waals surface area contributed by atoms with E-state index in [1.54, 1.807) is 0 Å². The number of carbonyl (C=O) groups is 1. The SMILES string of the molecule is NC1CC2CCCC(C1)C2NC(=O)C1CC1c1cccc(Cl)c1. The van der Waals surface area contributed by atoms with Crippen molar-refractivity contribution >= 4 is 17.5 Å². The van der Waals surface area contributed by atoms with Gasteiger partial charge in [-0.2, -0.15) is 0 Å². The normalized spacial score (nSPS) is 38.9. The summed E-state index contributed by atoms with van der Waals surface area (Å²) in [5, 5.41) is 4.14. The van der Waals surface area contributed by atoms with Crippen LogP contribution in [-0.4, -0.2) is 18.0 Å². The summed E-state index contributed by atoms with van der Waals surface area (Å²) in [5.41, 5.74) is 7.37. The topological polar surface area (TPSA) is 55.1 Å². The molecule has 4 unspecified atom stereocenters. The number of nitrogens with one attached hydrogen (secondary N) is 1. The summed E-state index contributed by atoms with van der Waals surface area (Å²) in [6, 6.07) is 8.62. The summed E-state index contributed by atoms with van der Waals surface area (Å²) in [4.78, 5) is 12.7. The van der Waals surface area contributed by atoms with Crippen molar-refractivity contribution in [3.63, 3.8) is 0 Å². The predicted molar refractivity (Wildman–Crippen MR) is 92.3 cm³/mol. The van der Waals surface area contributed by atoms with E-state index in [2.05, 4.69) is 11.4 Å². The Bertz CT molecular complexity index is 591. The molecule has 1 aromatic carbocycles. The highest BCUT2D eigenvalue weighted by Gasteiger charge is 2.47. The van der Waals surface area contributed by atoms with Gasteiger partial charge < -0.3 is 11.1 Å². The molecule has 3 saturated carbocycles. The first-order chi connectivity index (χ1) is 11.1. The number of carbonyl (C=O) groups excluding carboxylic acids is 1. The van der Waals surface area contributed by atoms with Crippen molar-refractivity contribution in [2.75, 3.05) is 0 Å². The van der Waals surface area contributed by atoms with Gasteiger partial charge in [0.15, 0.2) is 0 Å². The Morgan fingerprint density at radius 2 is 1.91 bits per heavy atom. The molecule has 0 radical (unpaired) electrons. The number of hydrogen-bond acceptors (Lipinski definition) is 2. The molecule has 2 bridgehead atoms. The van der Waals surface area contributed by atoms with Crippen LogP contribution in [0, 0.1) is 17.8 Å². The molecule has 4 rings (SSSR count). The summed E-state index contributed by atoms with van der Waals surface area (Å²) in [5.74, 6) is 1.89. The van der Waals surface area contributed by atoms with Gasteiger partial charge in [0.2, 0.25) is 5.91 Å². The summed E-state index contributed by atoms with van der Waals surface area (Å²) in [6.45, 7) is 0. The molecule has 4 atom stereocenters. The van der Waals surface area contributed by atoms with Crippen LogP contribution in [0.25, 0.3) is 0 Å². The molecular formula is C19H25ClN2O. The summed E-state index contributed by atoms with van der Waals surface area (Å²) >= 11 is 6.07. The van der Waals surface area contributed by atoms with Gasteiger partial charge >= 0.3 is 0 Å². The number of benzene rings is 1. The minimum absolute atomic E-state index is 0.129. The molecule has 124 valence electrons. The third-order valence-corrected chi connectivity index (χ3v) is 6.32. The lowest BCUT2D eigenvalue weighted by Crippen LogP contribution is -2.54. The molecule has 4 heteroatoms. The van der Waals surface area contributed by atoms with Crippen molar-refractivity contribution < 1.29 is 4.79 Å². The molecule has 23 heavy (non-hydrogen) atoms. The second-order valence-corrected chi connectivity index (χ2v) is 8.16. The molecule has 3 fully saturated rings. The lowest BCUT2D eigenvalue weighted by molar-refractivity contribution is -0.124. The van der Waals surface area contributed by atoms with E-state index in [1.807, 2.05) is 18.2 Å². The molecule has 0 heterocycles. The maximum atomic E-state index is 12.7. The van der Waals surface area contributed by atoms with Crippen molar-refractivity contribution in [1.29, 1.82) is 0 Å². The smallest absolute Gasteiger partial charge is 0.223 e. The van der Waals surface area contributed by atoms with Crippen molar-refractivity contribution in [3.8, 4) is 0 Å². The highest BCUT2D eigenvalue weighted by Crippen LogP contribution is 2.48. The summed E-state index contributed by atoms with van der Waals surface area (Å²) < 4.78 is 0. The zero-order chi connectivity index (χ0) is 16.0. The van der Waals surface area contributed by atoms with Crippen molar-refractivity contribution in [1.82, 2.24) is 5.32 Å². The minimum Gasteiger partial charge on any atom is -0.353 e. The molecule has 0 spiro atoms. The monoisotopic (exact) mass is 332 g/mol. The van der Waals surface area contributed by atoms with E-state index in [0.29, 0.717) is 29.8 Å². The van der Waals surface area contributed by atoms with Gasteiger partial charge in [0.25, 0.3) is 0 Å². The van der Waals surface area contributed by atoms with Crippen LogP contribution in [0.15, 0.2) is 24.3 Å². The summed E-state index contributed by atoms with van der Waals surface area (Å²) in [6.07, 6.45) is 6.83. The van der Waals surface area contributed by atoms with Gasteiger partial charge in [-0.15, -0.1) is 0 Å². The van der Waals surface area contributed by atoms with Gasteiger partial charge in [-0.25, -0.2) is 0 Å². The van der Waals surface area contributed by atoms with Crippen LogP contribution in [0.1, 0.15) is 50.0 Å². The number of fused-ring (bicyclic) bond motifs is 2. The molecule has 0 aromatic heterocycles. The first-order valence-corrected chi connectivity index (χ1v) is 9.31. The van der Waals surface area contributed by atoms with E-state index in [4.69, 9.17) is 17.3 Å². The van der Waals surface area contributed by atoms with Crippen molar-refractivity contribution in [3.05, 3.63) is 34.9 Å². The third-order valence-electron chi connectivity index (χ3n) is 6.09. The second kappa shape index (κ2) is 6.10. The van der Waals surface area contributed by atoms with Gasteiger partial charge in [0, 0.05) is 23.0 Å². The summed E-state index contributed by atoms with van der Waals surface area (Å²) in [7, 11) is 0. The molecule has 3 nitrogen and oxygen atoms in total. The van der Waals surface area contributed by atoms with Gasteiger partial charge in [-0.05, 0) is 67.6 Å². The van der Waals surface area contributed by atoms with Crippen LogP contribution in [0.5, 0.6) is 0 Å². The Kier molecular flexibility index (Phi) is 4.10. The lowest BCUT2D eigenvalue weighted by atomic mass is 9.67. The zero-order valence-electron chi connectivity index (χ0n) is 13.4. The lowest BCUT2D eigenvalue weighted by Gasteiger charge is -2.45. The van der Waals surface area contributed by atoms with E-state index in [1.165, 1.54) is 24.8 Å². The maximum absolute atomic E-state index is 12.7. The molecule has 1 amide bonds. The van der Waals surface area contributed by atoms with Crippen molar-refractivity contribution in [2.24, 2.45) is 23.5 Å². The Hall–Kier alpha value is -1.06. The number of halogens is 1. The number of nitrogens with two attached hydrogens (primary N) is 1. The molecule has 3 aliphatic rings. The maximum Gasteiger partial charge on any atom is 0.223 e. The minimum atomic E-state index is 0.129. The van der Waals surface area contributed by atoms with Gasteiger partial charge in [-0.1, -0.05) is 30.2 Å². The Morgan fingerprint density at radius 3 is 2.61 bits per heavy atom. The highest BCUT2D eigenvalue weighted by molar-refractivity contribution is 6.30. The molecule has 3 aliphatic carbocycles. The fourth-order valence-corrected chi connectivity index (χ4v) is 5.09. The highest BCUT2D eigenvalue weighted by atomic mass is 35.5. The average Bonchev–Trinajstić information content (AvgIpc) is 3.29. The zero-order valence-corrected chi connectivity index (χ0v) is 14.1. The molecule has 1 aromatic rings. The average molecular weight is 333 g/mol. The predicted octanol–water partition coefficient (Wildman–Crippen LogP) is 3.47. The Morgan fingerprint density at radius 1 is 1.17 bits per heavy atom. The quantitative estimate of drug-likeness (QED) is 0.890. The van der Waals surface area contributed by atoms with Gasteiger partial charge in [0.1, 0.15) is 0 Å². The number of amides is 1. The second-order valence-electron chi connectivity index (χ2n) is 7.72. The van der Waals surface area contributed by atoms with E-state index < -0.39 is 0 Å². The van der Waals surface area contributed by atoms with Crippen LogP contribution in [0.3, 0.4) is 0 Å².